The molecule has 1 aromatic carbocycles. The predicted octanol–water partition coefficient (Wildman–Crippen LogP) is 2.83. The molecule has 0 aliphatic heterocycles. The fourth-order valence-corrected chi connectivity index (χ4v) is 1.81. The van der Waals surface area contributed by atoms with Crippen molar-refractivity contribution in [2.45, 2.75) is 32.2 Å². The molecule has 0 saturated heterocycles. The van der Waals surface area contributed by atoms with Crippen LogP contribution in [0.25, 0.3) is 0 Å². The maximum Gasteiger partial charge on any atom is 0.138 e. The number of ketones is 1. The summed E-state index contributed by atoms with van der Waals surface area (Å²) in [7, 11) is 0. The molecule has 1 atom stereocenters. The lowest BCUT2D eigenvalue weighted by Gasteiger charge is -2.08. The third kappa shape index (κ3) is 3.68. The van der Waals surface area contributed by atoms with Crippen molar-refractivity contribution in [2.24, 2.45) is 5.73 Å². The maximum atomic E-state index is 13.2. The maximum absolute atomic E-state index is 13.2. The second-order valence-corrected chi connectivity index (χ2v) is 4.59. The number of carbonyl (C=O) groups excluding carboxylic acids is 1. The first-order valence-corrected chi connectivity index (χ1v) is 6.04. The fourth-order valence-electron chi connectivity index (χ4n) is 1.41. The number of rotatable bonds is 5. The van der Waals surface area contributed by atoms with Crippen LogP contribution in [0.4, 0.5) is 4.39 Å². The number of nitrogens with two attached hydrogens (primary N) is 1. The van der Waals surface area contributed by atoms with Crippen LogP contribution in [-0.2, 0) is 11.2 Å². The second-order valence-electron chi connectivity index (χ2n) is 3.80. The second kappa shape index (κ2) is 6.11. The zero-order chi connectivity index (χ0) is 12.1. The standard InChI is InChI=1S/C12H15BrFNO/c1-2-9(15)7-10(16)6-8-4-3-5-11(14)12(8)13/h3-5,9H,2,6-7,15H2,1H3. The molecule has 4 heteroatoms. The predicted molar refractivity (Wildman–Crippen MR) is 65.7 cm³/mol. The van der Waals surface area contributed by atoms with E-state index in [2.05, 4.69) is 15.9 Å². The van der Waals surface area contributed by atoms with E-state index in [1.54, 1.807) is 12.1 Å². The SMILES string of the molecule is CCC(N)CC(=O)Cc1cccc(F)c1Br. The molecule has 88 valence electrons. The summed E-state index contributed by atoms with van der Waals surface area (Å²) in [5, 5.41) is 0. The Morgan fingerprint density at radius 1 is 1.56 bits per heavy atom. The van der Waals surface area contributed by atoms with Gasteiger partial charge in [0.15, 0.2) is 0 Å². The number of hydrogen-bond acceptors (Lipinski definition) is 2. The molecule has 1 rings (SSSR count). The highest BCUT2D eigenvalue weighted by Crippen LogP contribution is 2.21. The Labute approximate surface area is 103 Å². The summed E-state index contributed by atoms with van der Waals surface area (Å²) in [6.45, 7) is 1.94. The van der Waals surface area contributed by atoms with Crippen molar-refractivity contribution in [3.8, 4) is 0 Å². The first-order chi connectivity index (χ1) is 7.54. The van der Waals surface area contributed by atoms with Gasteiger partial charge in [-0.3, -0.25) is 4.79 Å². The van der Waals surface area contributed by atoms with Crippen LogP contribution < -0.4 is 5.73 Å². The van der Waals surface area contributed by atoms with Gasteiger partial charge in [0.2, 0.25) is 0 Å². The van der Waals surface area contributed by atoms with Gasteiger partial charge in [-0.2, -0.15) is 0 Å². The van der Waals surface area contributed by atoms with Crippen LogP contribution in [0.2, 0.25) is 0 Å². The van der Waals surface area contributed by atoms with E-state index in [-0.39, 0.29) is 24.1 Å². The molecule has 1 unspecified atom stereocenters. The van der Waals surface area contributed by atoms with Crippen LogP contribution in [0.15, 0.2) is 22.7 Å². The van der Waals surface area contributed by atoms with E-state index in [4.69, 9.17) is 5.73 Å². The van der Waals surface area contributed by atoms with Crippen LogP contribution in [0, 0.1) is 5.82 Å². The number of benzene rings is 1. The molecule has 2 nitrogen and oxygen atoms in total. The Balaban J connectivity index is 2.66. The van der Waals surface area contributed by atoms with E-state index in [9.17, 15) is 9.18 Å². The zero-order valence-corrected chi connectivity index (χ0v) is 10.8. The van der Waals surface area contributed by atoms with Crippen molar-refractivity contribution >= 4 is 21.7 Å². The topological polar surface area (TPSA) is 43.1 Å². The van der Waals surface area contributed by atoms with E-state index < -0.39 is 0 Å². The summed E-state index contributed by atoms with van der Waals surface area (Å²) in [5.41, 5.74) is 6.36. The molecular weight excluding hydrogens is 273 g/mol. The molecule has 0 aliphatic carbocycles. The molecule has 0 radical (unpaired) electrons. The minimum absolute atomic E-state index is 0.0423. The Morgan fingerprint density at radius 2 is 2.25 bits per heavy atom. The largest absolute Gasteiger partial charge is 0.327 e. The number of Topliss-reactive ketones (excluding diaryl/α,β-unsaturated/α-hetero) is 1. The Morgan fingerprint density at radius 3 is 2.88 bits per heavy atom. The molecule has 0 fully saturated rings. The van der Waals surface area contributed by atoms with Gasteiger partial charge in [0.25, 0.3) is 0 Å². The molecule has 0 aromatic heterocycles. The summed E-state index contributed by atoms with van der Waals surface area (Å²) in [5.74, 6) is -0.300. The molecule has 2 N–H and O–H groups in total. The zero-order valence-electron chi connectivity index (χ0n) is 9.17. The summed E-state index contributed by atoms with van der Waals surface area (Å²) in [6, 6.07) is 4.60. The van der Waals surface area contributed by atoms with E-state index in [1.807, 2.05) is 6.92 Å². The first kappa shape index (κ1) is 13.3. The molecule has 0 amide bonds. The number of hydrogen-bond donors (Lipinski definition) is 1. The molecule has 16 heavy (non-hydrogen) atoms. The first-order valence-electron chi connectivity index (χ1n) is 5.24. The Kier molecular flexibility index (Phi) is 5.09. The highest BCUT2D eigenvalue weighted by Gasteiger charge is 2.12. The molecule has 0 heterocycles. The molecule has 0 aliphatic rings. The van der Waals surface area contributed by atoms with Gasteiger partial charge in [-0.1, -0.05) is 19.1 Å². The van der Waals surface area contributed by atoms with Crippen LogP contribution in [0.3, 0.4) is 0 Å². The highest BCUT2D eigenvalue weighted by atomic mass is 79.9. The van der Waals surface area contributed by atoms with E-state index >= 15 is 0 Å². The molecular formula is C12H15BrFNO. The summed E-state index contributed by atoms with van der Waals surface area (Å²) >= 11 is 3.13. The molecule has 1 aromatic rings. The minimum Gasteiger partial charge on any atom is -0.327 e. The summed E-state index contributed by atoms with van der Waals surface area (Å²) < 4.78 is 13.5. The Bertz CT molecular complexity index is 381. The lowest BCUT2D eigenvalue weighted by Crippen LogP contribution is -2.23. The van der Waals surface area contributed by atoms with Gasteiger partial charge in [0.05, 0.1) is 4.47 Å². The van der Waals surface area contributed by atoms with Gasteiger partial charge in [-0.15, -0.1) is 0 Å². The van der Waals surface area contributed by atoms with Crippen molar-refractivity contribution in [1.29, 1.82) is 0 Å². The smallest absolute Gasteiger partial charge is 0.138 e. The lowest BCUT2D eigenvalue weighted by atomic mass is 10.0. The Hall–Kier alpha value is -0.740. The van der Waals surface area contributed by atoms with Gasteiger partial charge in [-0.25, -0.2) is 4.39 Å². The quantitative estimate of drug-likeness (QED) is 0.905. The van der Waals surface area contributed by atoms with E-state index in [0.29, 0.717) is 16.5 Å². The van der Waals surface area contributed by atoms with Crippen molar-refractivity contribution in [2.75, 3.05) is 0 Å². The van der Waals surface area contributed by atoms with Gasteiger partial charge in [0, 0.05) is 18.9 Å². The van der Waals surface area contributed by atoms with Crippen LogP contribution in [-0.4, -0.2) is 11.8 Å². The molecule has 0 saturated carbocycles. The third-order valence-corrected chi connectivity index (χ3v) is 3.32. The van der Waals surface area contributed by atoms with Crippen molar-refractivity contribution in [1.82, 2.24) is 0 Å². The van der Waals surface area contributed by atoms with Crippen molar-refractivity contribution in [3.63, 3.8) is 0 Å². The fraction of sp³-hybridized carbons (Fsp3) is 0.417. The normalized spacial score (nSPS) is 12.5. The van der Waals surface area contributed by atoms with Gasteiger partial charge < -0.3 is 5.73 Å². The van der Waals surface area contributed by atoms with Crippen LogP contribution in [0.5, 0.6) is 0 Å². The van der Waals surface area contributed by atoms with Gasteiger partial charge >= 0.3 is 0 Å². The van der Waals surface area contributed by atoms with Crippen molar-refractivity contribution < 1.29 is 9.18 Å². The average molecular weight is 288 g/mol. The van der Waals surface area contributed by atoms with Gasteiger partial charge in [-0.05, 0) is 34.0 Å². The van der Waals surface area contributed by atoms with E-state index in [0.717, 1.165) is 6.42 Å². The number of halogens is 2. The minimum atomic E-state index is -0.343. The molecule has 0 bridgehead atoms. The number of carbonyl (C=O) groups is 1. The van der Waals surface area contributed by atoms with Crippen LogP contribution in [0.1, 0.15) is 25.3 Å². The summed E-state index contributed by atoms with van der Waals surface area (Å²) in [4.78, 5) is 11.6. The lowest BCUT2D eigenvalue weighted by molar-refractivity contribution is -0.118. The van der Waals surface area contributed by atoms with E-state index in [1.165, 1.54) is 6.07 Å². The third-order valence-electron chi connectivity index (χ3n) is 2.43. The van der Waals surface area contributed by atoms with Gasteiger partial charge in [0.1, 0.15) is 11.6 Å². The highest BCUT2D eigenvalue weighted by molar-refractivity contribution is 9.10. The van der Waals surface area contributed by atoms with Crippen molar-refractivity contribution in [3.05, 3.63) is 34.1 Å². The monoisotopic (exact) mass is 287 g/mol. The molecule has 0 spiro atoms. The summed E-state index contributed by atoms with van der Waals surface area (Å²) in [6.07, 6.45) is 1.35. The van der Waals surface area contributed by atoms with Crippen LogP contribution >= 0.6 is 15.9 Å². The average Bonchev–Trinajstić information content (AvgIpc) is 2.24.